The van der Waals surface area contributed by atoms with Gasteiger partial charge in [0.25, 0.3) is 0 Å². The summed E-state index contributed by atoms with van der Waals surface area (Å²) in [5.41, 5.74) is 1.44. The van der Waals surface area contributed by atoms with Gasteiger partial charge in [-0.2, -0.15) is 0 Å². The predicted molar refractivity (Wildman–Crippen MR) is 96.8 cm³/mol. The number of benzene rings is 1. The van der Waals surface area contributed by atoms with Crippen LogP contribution in [0.1, 0.15) is 25.7 Å². The van der Waals surface area contributed by atoms with Crippen molar-refractivity contribution in [3.63, 3.8) is 0 Å². The van der Waals surface area contributed by atoms with E-state index in [1.165, 1.54) is 19.3 Å². The zero-order valence-electron chi connectivity index (χ0n) is 14.5. The molecule has 1 amide bonds. The normalized spacial score (nSPS) is 23.8. The summed E-state index contributed by atoms with van der Waals surface area (Å²) in [5.74, 6) is -0.218. The molecule has 0 saturated carbocycles. The monoisotopic (exact) mass is 357 g/mol. The molecule has 3 heterocycles. The third-order valence-electron chi connectivity index (χ3n) is 5.20. The second kappa shape index (κ2) is 7.43. The number of hydrogen-bond acceptors (Lipinski definition) is 6. The smallest absolute Gasteiger partial charge is 0.325 e. The molecule has 1 aromatic heterocycles. The zero-order valence-corrected chi connectivity index (χ0v) is 14.5. The summed E-state index contributed by atoms with van der Waals surface area (Å²) in [6.07, 6.45) is 4.74. The number of carbonyl (C=O) groups is 1. The van der Waals surface area contributed by atoms with E-state index < -0.39 is 5.76 Å². The predicted octanol–water partition coefficient (Wildman–Crippen LogP) is 1.18. The standard InChI is InChI=1S/C18H23N5O3/c24-17(15-14(8-9-19-15)23-10-2-1-3-11-23)20-13-6-4-12(5-7-13)16-21-18(25)26-22-16/h4-7,14-15,19H,1-3,8-11H2,(H,20,24)(H,21,22,25)/t14-,15?/m1/s1. The number of nitrogens with one attached hydrogen (secondary N) is 3. The first-order chi connectivity index (χ1) is 12.7. The Morgan fingerprint density at radius 1 is 1.19 bits per heavy atom. The third-order valence-corrected chi connectivity index (χ3v) is 5.20. The van der Waals surface area contributed by atoms with E-state index >= 15 is 0 Å². The molecule has 2 aliphatic heterocycles. The average molecular weight is 357 g/mol. The van der Waals surface area contributed by atoms with Crippen LogP contribution in [-0.2, 0) is 4.79 Å². The van der Waals surface area contributed by atoms with E-state index in [9.17, 15) is 9.59 Å². The van der Waals surface area contributed by atoms with Crippen molar-refractivity contribution in [3.05, 3.63) is 34.8 Å². The number of aromatic nitrogens is 2. The summed E-state index contributed by atoms with van der Waals surface area (Å²) in [6.45, 7) is 3.04. The van der Waals surface area contributed by atoms with E-state index in [-0.39, 0.29) is 18.0 Å². The van der Waals surface area contributed by atoms with Crippen molar-refractivity contribution in [1.82, 2.24) is 20.4 Å². The van der Waals surface area contributed by atoms with Crippen LogP contribution in [0.3, 0.4) is 0 Å². The minimum absolute atomic E-state index is 0.000617. The lowest BCUT2D eigenvalue weighted by Gasteiger charge is -2.34. The van der Waals surface area contributed by atoms with Gasteiger partial charge < -0.3 is 10.6 Å². The number of piperidine rings is 1. The van der Waals surface area contributed by atoms with Gasteiger partial charge in [0, 0.05) is 17.3 Å². The SMILES string of the molecule is O=C(Nc1ccc(-c2noc(=O)[nH]2)cc1)C1NCC[C@H]1N1CCCCC1. The molecule has 138 valence electrons. The summed E-state index contributed by atoms with van der Waals surface area (Å²) in [5, 5.41) is 10.00. The molecule has 0 spiro atoms. The fourth-order valence-electron chi connectivity index (χ4n) is 3.89. The number of hydrogen-bond donors (Lipinski definition) is 3. The number of nitrogens with zero attached hydrogens (tertiary/aromatic N) is 2. The molecule has 2 aromatic rings. The van der Waals surface area contributed by atoms with E-state index in [0.29, 0.717) is 5.82 Å². The Kier molecular flexibility index (Phi) is 4.85. The Balaban J connectivity index is 1.41. The molecular formula is C18H23N5O3. The Hall–Kier alpha value is -2.45. The number of H-pyrrole nitrogens is 1. The van der Waals surface area contributed by atoms with Crippen molar-refractivity contribution in [3.8, 4) is 11.4 Å². The molecule has 1 aromatic carbocycles. The molecule has 8 heteroatoms. The van der Waals surface area contributed by atoms with Gasteiger partial charge in [0.2, 0.25) is 5.91 Å². The lowest BCUT2D eigenvalue weighted by molar-refractivity contribution is -0.119. The van der Waals surface area contributed by atoms with Gasteiger partial charge in [-0.05, 0) is 63.2 Å². The van der Waals surface area contributed by atoms with Crippen molar-refractivity contribution < 1.29 is 9.32 Å². The highest BCUT2D eigenvalue weighted by atomic mass is 16.5. The van der Waals surface area contributed by atoms with Crippen LogP contribution < -0.4 is 16.4 Å². The molecule has 2 aliphatic rings. The number of rotatable bonds is 4. The van der Waals surface area contributed by atoms with Gasteiger partial charge in [0.15, 0.2) is 5.82 Å². The first-order valence-corrected chi connectivity index (χ1v) is 9.15. The molecular weight excluding hydrogens is 334 g/mol. The van der Waals surface area contributed by atoms with E-state index in [4.69, 9.17) is 0 Å². The highest BCUT2D eigenvalue weighted by molar-refractivity contribution is 5.95. The molecule has 0 aliphatic carbocycles. The summed E-state index contributed by atoms with van der Waals surface area (Å²) in [6, 6.07) is 7.26. The van der Waals surface area contributed by atoms with Gasteiger partial charge in [-0.25, -0.2) is 4.79 Å². The Labute approximate surface area is 150 Å². The summed E-state index contributed by atoms with van der Waals surface area (Å²) in [4.78, 5) is 28.7. The fourth-order valence-corrected chi connectivity index (χ4v) is 3.89. The van der Waals surface area contributed by atoms with Gasteiger partial charge in [-0.3, -0.25) is 19.2 Å². The number of anilines is 1. The molecule has 2 saturated heterocycles. The lowest BCUT2D eigenvalue weighted by Crippen LogP contribution is -2.51. The number of carbonyl (C=O) groups excluding carboxylic acids is 1. The molecule has 26 heavy (non-hydrogen) atoms. The van der Waals surface area contributed by atoms with Crippen LogP contribution in [-0.4, -0.2) is 52.7 Å². The molecule has 4 rings (SSSR count). The highest BCUT2D eigenvalue weighted by Crippen LogP contribution is 2.22. The molecule has 3 N–H and O–H groups in total. The Bertz CT molecular complexity index is 807. The van der Waals surface area contributed by atoms with Crippen molar-refractivity contribution in [2.45, 2.75) is 37.8 Å². The van der Waals surface area contributed by atoms with E-state index in [2.05, 4.69) is 30.2 Å². The van der Waals surface area contributed by atoms with Crippen LogP contribution in [0.15, 0.2) is 33.6 Å². The Morgan fingerprint density at radius 2 is 1.96 bits per heavy atom. The van der Waals surface area contributed by atoms with Crippen LogP contribution in [0.4, 0.5) is 5.69 Å². The van der Waals surface area contributed by atoms with Crippen LogP contribution in [0.5, 0.6) is 0 Å². The molecule has 2 atom stereocenters. The first kappa shape index (κ1) is 17.0. The van der Waals surface area contributed by atoms with Crippen molar-refractivity contribution in [2.24, 2.45) is 0 Å². The third kappa shape index (κ3) is 3.56. The first-order valence-electron chi connectivity index (χ1n) is 9.15. The summed E-state index contributed by atoms with van der Waals surface area (Å²) < 4.78 is 4.51. The maximum atomic E-state index is 12.8. The summed E-state index contributed by atoms with van der Waals surface area (Å²) >= 11 is 0. The van der Waals surface area contributed by atoms with E-state index in [0.717, 1.165) is 37.3 Å². The molecule has 1 unspecified atom stereocenters. The zero-order chi connectivity index (χ0) is 17.9. The van der Waals surface area contributed by atoms with Crippen molar-refractivity contribution in [1.29, 1.82) is 0 Å². The topological polar surface area (TPSA) is 103 Å². The van der Waals surface area contributed by atoms with E-state index in [1.807, 2.05) is 0 Å². The second-order valence-corrected chi connectivity index (χ2v) is 6.89. The molecule has 0 radical (unpaired) electrons. The number of aromatic amines is 1. The van der Waals surface area contributed by atoms with E-state index in [1.54, 1.807) is 24.3 Å². The average Bonchev–Trinajstić information content (AvgIpc) is 3.32. The molecule has 2 fully saturated rings. The largest absolute Gasteiger partial charge is 0.439 e. The van der Waals surface area contributed by atoms with Gasteiger partial charge in [0.05, 0.1) is 0 Å². The Morgan fingerprint density at radius 3 is 2.65 bits per heavy atom. The number of likely N-dealkylation sites (tertiary alicyclic amines) is 1. The quantitative estimate of drug-likeness (QED) is 0.759. The van der Waals surface area contributed by atoms with Crippen LogP contribution in [0.25, 0.3) is 11.4 Å². The second-order valence-electron chi connectivity index (χ2n) is 6.89. The van der Waals surface area contributed by atoms with Crippen LogP contribution >= 0.6 is 0 Å². The summed E-state index contributed by atoms with van der Waals surface area (Å²) in [7, 11) is 0. The van der Waals surface area contributed by atoms with Crippen molar-refractivity contribution in [2.75, 3.05) is 25.0 Å². The van der Waals surface area contributed by atoms with Gasteiger partial charge in [-0.15, -0.1) is 0 Å². The van der Waals surface area contributed by atoms with Gasteiger partial charge in [0.1, 0.15) is 6.04 Å². The lowest BCUT2D eigenvalue weighted by atomic mass is 10.0. The number of amides is 1. The van der Waals surface area contributed by atoms with Gasteiger partial charge >= 0.3 is 5.76 Å². The maximum absolute atomic E-state index is 12.8. The van der Waals surface area contributed by atoms with Crippen molar-refractivity contribution >= 4 is 11.6 Å². The van der Waals surface area contributed by atoms with Gasteiger partial charge in [-0.1, -0.05) is 11.6 Å². The fraction of sp³-hybridized carbons (Fsp3) is 0.500. The molecule has 0 bridgehead atoms. The maximum Gasteiger partial charge on any atom is 0.439 e. The highest BCUT2D eigenvalue weighted by Gasteiger charge is 2.36. The van der Waals surface area contributed by atoms with Crippen LogP contribution in [0, 0.1) is 0 Å². The minimum atomic E-state index is -0.589. The molecule has 8 nitrogen and oxygen atoms in total. The van der Waals surface area contributed by atoms with Crippen LogP contribution in [0.2, 0.25) is 0 Å². The minimum Gasteiger partial charge on any atom is -0.325 e.